The number of hydrogen-bond acceptors (Lipinski definition) is 0. The van der Waals surface area contributed by atoms with Crippen molar-refractivity contribution in [2.45, 2.75) is 66.7 Å². The fraction of sp³-hybridized carbons (Fsp3) is 0.556. The van der Waals surface area contributed by atoms with Crippen LogP contribution < -0.4 is 0 Å². The first-order chi connectivity index (χ1) is 8.57. The van der Waals surface area contributed by atoms with Crippen LogP contribution in [-0.4, -0.2) is 0 Å². The monoisotopic (exact) mass is 244 g/mol. The Labute approximate surface area is 113 Å². The Morgan fingerprint density at radius 2 is 1.61 bits per heavy atom. The number of rotatable bonds is 6. The minimum absolute atomic E-state index is 1.21. The SMILES string of the molecule is CCCCCCC=Cc1cc(C)c(C)c(C)c1C. The van der Waals surface area contributed by atoms with Crippen LogP contribution in [0, 0.1) is 27.7 Å². The highest BCUT2D eigenvalue weighted by Crippen LogP contribution is 2.22. The van der Waals surface area contributed by atoms with Crippen molar-refractivity contribution in [3.63, 3.8) is 0 Å². The minimum atomic E-state index is 1.21. The van der Waals surface area contributed by atoms with E-state index in [0.29, 0.717) is 0 Å². The van der Waals surface area contributed by atoms with Crippen LogP contribution in [0.2, 0.25) is 0 Å². The summed E-state index contributed by atoms with van der Waals surface area (Å²) in [5, 5.41) is 0. The summed E-state index contributed by atoms with van der Waals surface area (Å²) in [6.07, 6.45) is 11.2. The number of allylic oxidation sites excluding steroid dienone is 1. The van der Waals surface area contributed by atoms with Gasteiger partial charge in [-0.25, -0.2) is 0 Å². The topological polar surface area (TPSA) is 0 Å². The zero-order valence-electron chi connectivity index (χ0n) is 12.8. The molecule has 0 aromatic heterocycles. The average Bonchev–Trinajstić information content (AvgIpc) is 2.37. The normalized spacial score (nSPS) is 11.4. The first-order valence-electron chi connectivity index (χ1n) is 7.31. The van der Waals surface area contributed by atoms with E-state index >= 15 is 0 Å². The molecule has 0 heterocycles. The zero-order valence-corrected chi connectivity index (χ0v) is 12.8. The van der Waals surface area contributed by atoms with E-state index in [0.717, 1.165) is 0 Å². The molecule has 0 unspecified atom stereocenters. The minimum Gasteiger partial charge on any atom is -0.0839 e. The van der Waals surface area contributed by atoms with Gasteiger partial charge in [0.15, 0.2) is 0 Å². The van der Waals surface area contributed by atoms with Gasteiger partial charge in [0.2, 0.25) is 0 Å². The molecule has 1 aromatic carbocycles. The van der Waals surface area contributed by atoms with E-state index in [4.69, 9.17) is 0 Å². The van der Waals surface area contributed by atoms with Gasteiger partial charge >= 0.3 is 0 Å². The van der Waals surface area contributed by atoms with Crippen molar-refractivity contribution in [3.05, 3.63) is 40.0 Å². The van der Waals surface area contributed by atoms with Crippen molar-refractivity contribution in [1.82, 2.24) is 0 Å². The molecule has 0 aliphatic heterocycles. The van der Waals surface area contributed by atoms with E-state index < -0.39 is 0 Å². The molecule has 0 saturated heterocycles. The summed E-state index contributed by atoms with van der Waals surface area (Å²) < 4.78 is 0. The van der Waals surface area contributed by atoms with E-state index in [-0.39, 0.29) is 0 Å². The largest absolute Gasteiger partial charge is 0.0839 e. The summed E-state index contributed by atoms with van der Waals surface area (Å²) in [6, 6.07) is 2.32. The van der Waals surface area contributed by atoms with Gasteiger partial charge in [-0.3, -0.25) is 0 Å². The van der Waals surface area contributed by atoms with Crippen molar-refractivity contribution in [3.8, 4) is 0 Å². The predicted octanol–water partition coefficient (Wildman–Crippen LogP) is 5.90. The van der Waals surface area contributed by atoms with Crippen LogP contribution >= 0.6 is 0 Å². The molecule has 18 heavy (non-hydrogen) atoms. The molecule has 0 nitrogen and oxygen atoms in total. The van der Waals surface area contributed by atoms with Crippen molar-refractivity contribution in [2.75, 3.05) is 0 Å². The fourth-order valence-electron chi connectivity index (χ4n) is 2.32. The number of hydrogen-bond donors (Lipinski definition) is 0. The Hall–Kier alpha value is -1.04. The second-order valence-corrected chi connectivity index (χ2v) is 5.41. The van der Waals surface area contributed by atoms with E-state index in [2.05, 4.69) is 52.8 Å². The van der Waals surface area contributed by atoms with E-state index in [1.165, 1.54) is 59.9 Å². The number of unbranched alkanes of at least 4 members (excludes halogenated alkanes) is 4. The summed E-state index contributed by atoms with van der Waals surface area (Å²) in [7, 11) is 0. The molecule has 0 radical (unpaired) electrons. The van der Waals surface area contributed by atoms with Gasteiger partial charge in [-0.05, 0) is 68.4 Å². The lowest BCUT2D eigenvalue weighted by molar-refractivity contribution is 0.675. The molecule has 0 aliphatic rings. The van der Waals surface area contributed by atoms with E-state index in [1.807, 2.05) is 0 Å². The highest BCUT2D eigenvalue weighted by atomic mass is 14.1. The van der Waals surface area contributed by atoms with Crippen LogP contribution in [0.3, 0.4) is 0 Å². The molecular formula is C18H28. The third-order valence-electron chi connectivity index (χ3n) is 4.04. The Morgan fingerprint density at radius 3 is 2.28 bits per heavy atom. The van der Waals surface area contributed by atoms with Crippen LogP contribution in [0.5, 0.6) is 0 Å². The Balaban J connectivity index is 2.65. The van der Waals surface area contributed by atoms with E-state index in [1.54, 1.807) is 0 Å². The molecule has 1 aromatic rings. The molecule has 1 rings (SSSR count). The highest BCUT2D eigenvalue weighted by Gasteiger charge is 2.04. The third kappa shape index (κ3) is 4.01. The van der Waals surface area contributed by atoms with Crippen LogP contribution in [0.25, 0.3) is 6.08 Å². The van der Waals surface area contributed by atoms with Crippen molar-refractivity contribution in [2.24, 2.45) is 0 Å². The summed E-state index contributed by atoms with van der Waals surface area (Å²) >= 11 is 0. The Morgan fingerprint density at radius 1 is 0.889 bits per heavy atom. The molecule has 0 fully saturated rings. The van der Waals surface area contributed by atoms with Crippen LogP contribution in [0.4, 0.5) is 0 Å². The molecule has 0 atom stereocenters. The standard InChI is InChI=1S/C18H28/c1-6-7-8-9-10-11-12-18-13-14(2)15(3)16(4)17(18)5/h11-13H,6-10H2,1-5H3. The summed E-state index contributed by atoms with van der Waals surface area (Å²) in [5.74, 6) is 0. The van der Waals surface area contributed by atoms with Gasteiger partial charge in [-0.15, -0.1) is 0 Å². The van der Waals surface area contributed by atoms with Gasteiger partial charge < -0.3 is 0 Å². The van der Waals surface area contributed by atoms with Gasteiger partial charge in [0.1, 0.15) is 0 Å². The first kappa shape index (κ1) is 15.0. The first-order valence-corrected chi connectivity index (χ1v) is 7.31. The lowest BCUT2D eigenvalue weighted by Gasteiger charge is -2.11. The second-order valence-electron chi connectivity index (χ2n) is 5.41. The summed E-state index contributed by atoms with van der Waals surface area (Å²) in [6.45, 7) is 11.2. The molecule has 0 aliphatic carbocycles. The van der Waals surface area contributed by atoms with E-state index in [9.17, 15) is 0 Å². The van der Waals surface area contributed by atoms with Gasteiger partial charge in [0.05, 0.1) is 0 Å². The highest BCUT2D eigenvalue weighted by molar-refractivity contribution is 5.58. The maximum Gasteiger partial charge on any atom is -0.0225 e. The lowest BCUT2D eigenvalue weighted by Crippen LogP contribution is -1.93. The molecule has 0 amide bonds. The lowest BCUT2D eigenvalue weighted by atomic mass is 9.94. The van der Waals surface area contributed by atoms with Crippen molar-refractivity contribution in [1.29, 1.82) is 0 Å². The molecule has 100 valence electrons. The van der Waals surface area contributed by atoms with Gasteiger partial charge in [0, 0.05) is 0 Å². The Bertz CT molecular complexity index is 411. The average molecular weight is 244 g/mol. The van der Waals surface area contributed by atoms with Crippen LogP contribution in [-0.2, 0) is 0 Å². The van der Waals surface area contributed by atoms with Crippen LogP contribution in [0.15, 0.2) is 12.1 Å². The summed E-state index contributed by atoms with van der Waals surface area (Å²) in [5.41, 5.74) is 7.12. The third-order valence-corrected chi connectivity index (χ3v) is 4.04. The second kappa shape index (κ2) is 7.41. The summed E-state index contributed by atoms with van der Waals surface area (Å²) in [4.78, 5) is 0. The van der Waals surface area contributed by atoms with Crippen LogP contribution in [0.1, 0.15) is 66.8 Å². The van der Waals surface area contributed by atoms with Gasteiger partial charge in [0.25, 0.3) is 0 Å². The van der Waals surface area contributed by atoms with Gasteiger partial charge in [-0.1, -0.05) is 44.4 Å². The molecule has 0 N–H and O–H groups in total. The molecular weight excluding hydrogens is 216 g/mol. The number of aryl methyl sites for hydroxylation is 1. The molecule has 0 heteroatoms. The quantitative estimate of drug-likeness (QED) is 0.546. The molecule has 0 bridgehead atoms. The van der Waals surface area contributed by atoms with Crippen molar-refractivity contribution >= 4 is 6.08 Å². The smallest absolute Gasteiger partial charge is 0.0225 e. The predicted molar refractivity (Wildman–Crippen MR) is 83.2 cm³/mol. The molecule has 0 saturated carbocycles. The van der Waals surface area contributed by atoms with Crippen molar-refractivity contribution < 1.29 is 0 Å². The Kier molecular flexibility index (Phi) is 6.18. The number of benzene rings is 1. The maximum absolute atomic E-state index is 2.34. The fourth-order valence-corrected chi connectivity index (χ4v) is 2.32. The maximum atomic E-state index is 2.34. The zero-order chi connectivity index (χ0) is 13.5. The molecule has 0 spiro atoms. The van der Waals surface area contributed by atoms with Gasteiger partial charge in [-0.2, -0.15) is 0 Å².